The Morgan fingerprint density at radius 3 is 2.32 bits per heavy atom. The van der Waals surface area contributed by atoms with Crippen LogP contribution < -0.4 is 10.1 Å². The lowest BCUT2D eigenvalue weighted by atomic mass is 10.1. The molecule has 0 aliphatic carbocycles. The molecule has 2 aromatic carbocycles. The number of hydrogen-bond acceptors (Lipinski definition) is 3. The van der Waals surface area contributed by atoms with Crippen LogP contribution in [0.3, 0.4) is 0 Å². The number of carbonyl (C=O) groups is 2. The molecule has 1 N–H and O–H groups in total. The Morgan fingerprint density at radius 1 is 1.00 bits per heavy atom. The van der Waals surface area contributed by atoms with E-state index in [1.54, 1.807) is 4.90 Å². The summed E-state index contributed by atoms with van der Waals surface area (Å²) in [5, 5.41) is 3.03. The predicted molar refractivity (Wildman–Crippen MR) is 125 cm³/mol. The summed E-state index contributed by atoms with van der Waals surface area (Å²) in [5.41, 5.74) is 4.25. The second-order valence-corrected chi connectivity index (χ2v) is 8.25. The zero-order valence-electron chi connectivity index (χ0n) is 19.7. The van der Waals surface area contributed by atoms with Crippen molar-refractivity contribution < 1.29 is 14.3 Å². The maximum absolute atomic E-state index is 13.3. The molecule has 0 bridgehead atoms. The van der Waals surface area contributed by atoms with Crippen molar-refractivity contribution in [1.82, 2.24) is 10.2 Å². The molecular formula is C26H36N2O3. The number of amides is 2. The molecular weight excluding hydrogens is 388 g/mol. The molecule has 5 nitrogen and oxygen atoms in total. The van der Waals surface area contributed by atoms with Crippen LogP contribution in [0.25, 0.3) is 0 Å². The molecule has 168 valence electrons. The molecule has 0 heterocycles. The van der Waals surface area contributed by atoms with Crippen molar-refractivity contribution in [1.29, 1.82) is 0 Å². The second-order valence-electron chi connectivity index (χ2n) is 8.25. The molecule has 2 amide bonds. The fraction of sp³-hybridized carbons (Fsp3) is 0.462. The Balaban J connectivity index is 2.25. The van der Waals surface area contributed by atoms with Crippen molar-refractivity contribution in [3.8, 4) is 5.75 Å². The average Bonchev–Trinajstić information content (AvgIpc) is 2.74. The van der Waals surface area contributed by atoms with Crippen LogP contribution in [0.4, 0.5) is 0 Å². The lowest BCUT2D eigenvalue weighted by Crippen LogP contribution is -2.51. The zero-order chi connectivity index (χ0) is 23.0. The molecule has 2 aromatic rings. The summed E-state index contributed by atoms with van der Waals surface area (Å²) in [6.45, 7) is 12.2. The summed E-state index contributed by atoms with van der Waals surface area (Å²) in [5.74, 6) is 0.367. The minimum absolute atomic E-state index is 0.0587. The van der Waals surface area contributed by atoms with Gasteiger partial charge in [0.15, 0.2) is 6.61 Å². The van der Waals surface area contributed by atoms with Gasteiger partial charge < -0.3 is 15.0 Å². The standard InChI is InChI=1S/C26H36N2O3/c1-7-21(6)27-26(30)23(8-2)28(16-22-12-10-9-11-19(22)4)25(29)17-31-24-14-13-18(3)15-20(24)5/h9-15,21,23H,7-8,16-17H2,1-6H3,(H,27,30)/t21-,23-/m1/s1. The molecule has 2 atom stereocenters. The number of nitrogens with one attached hydrogen (secondary N) is 1. The van der Waals surface area contributed by atoms with Crippen LogP contribution in [0.5, 0.6) is 5.75 Å². The molecule has 2 rings (SSSR count). The number of hydrogen-bond donors (Lipinski definition) is 1. The summed E-state index contributed by atoms with van der Waals surface area (Å²) in [4.78, 5) is 27.9. The normalized spacial score (nSPS) is 12.7. The van der Waals surface area contributed by atoms with E-state index in [1.165, 1.54) is 0 Å². The van der Waals surface area contributed by atoms with E-state index in [0.29, 0.717) is 18.7 Å². The van der Waals surface area contributed by atoms with Crippen molar-refractivity contribution in [3.05, 3.63) is 64.7 Å². The van der Waals surface area contributed by atoms with Crippen molar-refractivity contribution in [2.75, 3.05) is 6.61 Å². The van der Waals surface area contributed by atoms with Gasteiger partial charge in [-0.25, -0.2) is 0 Å². The van der Waals surface area contributed by atoms with Crippen LogP contribution in [0, 0.1) is 20.8 Å². The first-order valence-corrected chi connectivity index (χ1v) is 11.1. The maximum atomic E-state index is 13.3. The fourth-order valence-electron chi connectivity index (χ4n) is 3.52. The van der Waals surface area contributed by atoms with E-state index in [2.05, 4.69) is 5.32 Å². The van der Waals surface area contributed by atoms with Crippen molar-refractivity contribution in [3.63, 3.8) is 0 Å². The predicted octanol–water partition coefficient (Wildman–Crippen LogP) is 4.71. The summed E-state index contributed by atoms with van der Waals surface area (Å²) in [7, 11) is 0. The number of ether oxygens (including phenoxy) is 1. The van der Waals surface area contributed by atoms with Crippen LogP contribution in [0.15, 0.2) is 42.5 Å². The number of benzene rings is 2. The van der Waals surface area contributed by atoms with Gasteiger partial charge in [-0.15, -0.1) is 0 Å². The summed E-state index contributed by atoms with van der Waals surface area (Å²) >= 11 is 0. The van der Waals surface area contributed by atoms with Crippen LogP contribution in [0.2, 0.25) is 0 Å². The van der Waals surface area contributed by atoms with Gasteiger partial charge in [0.2, 0.25) is 5.91 Å². The summed E-state index contributed by atoms with van der Waals surface area (Å²) in [6, 6.07) is 13.3. The number of nitrogens with zero attached hydrogens (tertiary/aromatic N) is 1. The largest absolute Gasteiger partial charge is 0.483 e. The highest BCUT2D eigenvalue weighted by Gasteiger charge is 2.29. The molecule has 0 aromatic heterocycles. The van der Waals surface area contributed by atoms with Crippen LogP contribution in [0.1, 0.15) is 55.9 Å². The SMILES string of the molecule is CC[C@@H](C)NC(=O)[C@@H](CC)N(Cc1ccccc1C)C(=O)COc1ccc(C)cc1C. The Morgan fingerprint density at radius 2 is 1.71 bits per heavy atom. The quantitative estimate of drug-likeness (QED) is 0.601. The van der Waals surface area contributed by atoms with Gasteiger partial charge in [0.1, 0.15) is 11.8 Å². The highest BCUT2D eigenvalue weighted by molar-refractivity contribution is 5.88. The van der Waals surface area contributed by atoms with Gasteiger partial charge in [-0.2, -0.15) is 0 Å². The van der Waals surface area contributed by atoms with Crippen LogP contribution in [-0.4, -0.2) is 35.4 Å². The third-order valence-corrected chi connectivity index (χ3v) is 5.67. The van der Waals surface area contributed by atoms with Gasteiger partial charge in [-0.1, -0.05) is 55.8 Å². The second kappa shape index (κ2) is 11.5. The third kappa shape index (κ3) is 6.84. The molecule has 0 spiro atoms. The molecule has 5 heteroatoms. The molecule has 0 saturated carbocycles. The fourth-order valence-corrected chi connectivity index (χ4v) is 3.52. The molecule has 0 radical (unpaired) electrons. The first-order valence-electron chi connectivity index (χ1n) is 11.1. The average molecular weight is 425 g/mol. The molecule has 0 aliphatic heterocycles. The monoisotopic (exact) mass is 424 g/mol. The van der Waals surface area contributed by atoms with E-state index < -0.39 is 6.04 Å². The first kappa shape index (κ1) is 24.4. The van der Waals surface area contributed by atoms with Crippen LogP contribution in [-0.2, 0) is 16.1 Å². The van der Waals surface area contributed by atoms with Gasteiger partial charge in [-0.3, -0.25) is 9.59 Å². The van der Waals surface area contributed by atoms with Gasteiger partial charge >= 0.3 is 0 Å². The summed E-state index contributed by atoms with van der Waals surface area (Å²) in [6.07, 6.45) is 1.37. The van der Waals surface area contributed by atoms with E-state index in [-0.39, 0.29) is 24.5 Å². The molecule has 0 fully saturated rings. The summed E-state index contributed by atoms with van der Waals surface area (Å²) < 4.78 is 5.86. The van der Waals surface area contributed by atoms with E-state index in [0.717, 1.165) is 28.7 Å². The van der Waals surface area contributed by atoms with E-state index in [4.69, 9.17) is 4.74 Å². The number of aryl methyl sites for hydroxylation is 3. The third-order valence-electron chi connectivity index (χ3n) is 5.67. The molecule has 31 heavy (non-hydrogen) atoms. The topological polar surface area (TPSA) is 58.6 Å². The van der Waals surface area contributed by atoms with Gasteiger partial charge in [0.05, 0.1) is 0 Å². The molecule has 0 aliphatic rings. The lowest BCUT2D eigenvalue weighted by molar-refractivity contribution is -0.143. The van der Waals surface area contributed by atoms with Crippen molar-refractivity contribution in [2.45, 2.75) is 73.0 Å². The smallest absolute Gasteiger partial charge is 0.261 e. The molecule has 0 unspecified atom stereocenters. The Hall–Kier alpha value is -2.82. The molecule has 0 saturated heterocycles. The first-order chi connectivity index (χ1) is 14.8. The van der Waals surface area contributed by atoms with E-state index in [1.807, 2.05) is 84.0 Å². The Labute approximate surface area is 186 Å². The minimum atomic E-state index is -0.552. The maximum Gasteiger partial charge on any atom is 0.261 e. The number of rotatable bonds is 10. The van der Waals surface area contributed by atoms with E-state index >= 15 is 0 Å². The van der Waals surface area contributed by atoms with Gasteiger partial charge in [0.25, 0.3) is 5.91 Å². The minimum Gasteiger partial charge on any atom is -0.483 e. The Kier molecular flexibility index (Phi) is 9.10. The zero-order valence-corrected chi connectivity index (χ0v) is 19.7. The van der Waals surface area contributed by atoms with Crippen molar-refractivity contribution >= 4 is 11.8 Å². The number of carbonyl (C=O) groups excluding carboxylic acids is 2. The van der Waals surface area contributed by atoms with Gasteiger partial charge in [0, 0.05) is 12.6 Å². The van der Waals surface area contributed by atoms with E-state index in [9.17, 15) is 9.59 Å². The van der Waals surface area contributed by atoms with Gasteiger partial charge in [-0.05, 0) is 63.3 Å². The highest BCUT2D eigenvalue weighted by Crippen LogP contribution is 2.20. The van der Waals surface area contributed by atoms with Crippen molar-refractivity contribution in [2.24, 2.45) is 0 Å². The Bertz CT molecular complexity index is 894. The van der Waals surface area contributed by atoms with Crippen LogP contribution >= 0.6 is 0 Å². The lowest BCUT2D eigenvalue weighted by Gasteiger charge is -2.32. The highest BCUT2D eigenvalue weighted by atomic mass is 16.5.